The maximum Gasteiger partial charge on any atom is 0.276 e. The van der Waals surface area contributed by atoms with Crippen LogP contribution in [0.1, 0.15) is 11.3 Å². The zero-order valence-corrected chi connectivity index (χ0v) is 17.1. The SMILES string of the molecule is O=C1NC(SCc2ccccc2F)=NN2C1=c1ccccc1=NC2/C=C/c1ccco1. The number of hydrogen-bond acceptors (Lipinski definition) is 6. The highest BCUT2D eigenvalue weighted by atomic mass is 32.2. The summed E-state index contributed by atoms with van der Waals surface area (Å²) in [5.74, 6) is 0.460. The van der Waals surface area contributed by atoms with Gasteiger partial charge in [-0.3, -0.25) is 15.1 Å². The van der Waals surface area contributed by atoms with Crippen LogP contribution >= 0.6 is 11.8 Å². The van der Waals surface area contributed by atoms with Crippen LogP contribution in [0, 0.1) is 5.82 Å². The molecular weight excluding hydrogens is 415 g/mol. The van der Waals surface area contributed by atoms with E-state index in [0.29, 0.717) is 33.2 Å². The van der Waals surface area contributed by atoms with Crippen molar-refractivity contribution in [2.45, 2.75) is 11.9 Å². The maximum atomic E-state index is 14.0. The molecule has 154 valence electrons. The molecule has 0 fully saturated rings. The number of furan rings is 1. The standard InChI is InChI=1S/C23H17FN4O2S/c24-18-9-3-1-6-15(18)14-31-23-26-22(29)21-17-8-2-4-10-19(17)25-20(28(21)27-23)12-11-16-7-5-13-30-16/h1-13,20H,14H2,(H,26,27,29)/b12-11+. The molecule has 0 spiro atoms. The van der Waals surface area contributed by atoms with Gasteiger partial charge in [-0.2, -0.15) is 0 Å². The number of amides is 1. The molecule has 3 aromatic rings. The Labute approximate surface area is 181 Å². The number of hydrogen-bond donors (Lipinski definition) is 1. The number of thioether (sulfide) groups is 1. The Morgan fingerprint density at radius 2 is 1.97 bits per heavy atom. The molecule has 0 bridgehead atoms. The molecule has 0 saturated carbocycles. The number of carbonyl (C=O) groups is 1. The first-order valence-corrected chi connectivity index (χ1v) is 10.6. The van der Waals surface area contributed by atoms with Gasteiger partial charge in [0.15, 0.2) is 11.3 Å². The molecule has 2 aliphatic heterocycles. The molecule has 1 aromatic heterocycles. The number of benzene rings is 2. The lowest BCUT2D eigenvalue weighted by molar-refractivity contribution is -0.116. The maximum absolute atomic E-state index is 14.0. The van der Waals surface area contributed by atoms with Crippen molar-refractivity contribution in [3.63, 3.8) is 0 Å². The van der Waals surface area contributed by atoms with Gasteiger partial charge in [-0.05, 0) is 42.0 Å². The Balaban J connectivity index is 1.51. The van der Waals surface area contributed by atoms with Gasteiger partial charge < -0.3 is 4.42 Å². The van der Waals surface area contributed by atoms with Gasteiger partial charge in [0.05, 0.1) is 11.6 Å². The third kappa shape index (κ3) is 3.89. The fraction of sp³-hybridized carbons (Fsp3) is 0.0870. The molecule has 1 N–H and O–H groups in total. The van der Waals surface area contributed by atoms with Crippen LogP contribution in [0.25, 0.3) is 11.8 Å². The summed E-state index contributed by atoms with van der Waals surface area (Å²) in [4.78, 5) is 17.8. The molecule has 2 aliphatic rings. The summed E-state index contributed by atoms with van der Waals surface area (Å²) in [5, 5.41) is 10.9. The van der Waals surface area contributed by atoms with Gasteiger partial charge in [-0.25, -0.2) is 9.40 Å². The Bertz CT molecular complexity index is 1320. The second kappa shape index (κ2) is 8.23. The van der Waals surface area contributed by atoms with E-state index in [9.17, 15) is 9.18 Å². The van der Waals surface area contributed by atoms with Crippen LogP contribution in [0.4, 0.5) is 4.39 Å². The zero-order valence-electron chi connectivity index (χ0n) is 16.2. The average molecular weight is 432 g/mol. The number of fused-ring (bicyclic) bond motifs is 2. The highest BCUT2D eigenvalue weighted by molar-refractivity contribution is 8.13. The number of para-hydroxylation sites is 1. The third-order valence-electron chi connectivity index (χ3n) is 4.84. The summed E-state index contributed by atoms with van der Waals surface area (Å²) in [6, 6.07) is 17.6. The minimum atomic E-state index is -0.523. The molecule has 3 heterocycles. The monoisotopic (exact) mass is 432 g/mol. The third-order valence-corrected chi connectivity index (χ3v) is 5.75. The van der Waals surface area contributed by atoms with E-state index in [0.717, 1.165) is 5.36 Å². The highest BCUT2D eigenvalue weighted by Gasteiger charge is 2.32. The molecule has 0 saturated heterocycles. The molecular formula is C23H17FN4O2S. The van der Waals surface area contributed by atoms with Crippen molar-refractivity contribution < 1.29 is 13.6 Å². The first-order chi connectivity index (χ1) is 15.2. The van der Waals surface area contributed by atoms with Gasteiger partial charge in [-0.15, -0.1) is 5.10 Å². The first kappa shape index (κ1) is 19.3. The topological polar surface area (TPSA) is 70.2 Å². The number of amidine groups is 1. The van der Waals surface area contributed by atoms with Crippen LogP contribution in [0.5, 0.6) is 0 Å². The average Bonchev–Trinajstić information content (AvgIpc) is 3.30. The number of carbonyl (C=O) groups excluding carboxylic acids is 1. The fourth-order valence-electron chi connectivity index (χ4n) is 3.37. The summed E-state index contributed by atoms with van der Waals surface area (Å²) in [7, 11) is 0. The van der Waals surface area contributed by atoms with Crippen molar-refractivity contribution in [2.24, 2.45) is 10.1 Å². The minimum Gasteiger partial charge on any atom is -0.465 e. The van der Waals surface area contributed by atoms with E-state index < -0.39 is 6.17 Å². The van der Waals surface area contributed by atoms with Gasteiger partial charge in [-0.1, -0.05) is 48.2 Å². The predicted molar refractivity (Wildman–Crippen MR) is 117 cm³/mol. The van der Waals surface area contributed by atoms with Crippen molar-refractivity contribution in [3.05, 3.63) is 101 Å². The second-order valence-corrected chi connectivity index (χ2v) is 7.83. The van der Waals surface area contributed by atoms with Crippen molar-refractivity contribution in [2.75, 3.05) is 0 Å². The number of nitrogens with zero attached hydrogens (tertiary/aromatic N) is 3. The van der Waals surface area contributed by atoms with E-state index in [2.05, 4.69) is 10.4 Å². The number of rotatable bonds is 4. The normalized spacial score (nSPS) is 17.6. The highest BCUT2D eigenvalue weighted by Crippen LogP contribution is 2.24. The summed E-state index contributed by atoms with van der Waals surface area (Å²) < 4.78 is 19.3. The number of hydrazone groups is 1. The first-order valence-electron chi connectivity index (χ1n) is 9.63. The van der Waals surface area contributed by atoms with E-state index in [1.54, 1.807) is 41.6 Å². The van der Waals surface area contributed by atoms with Crippen LogP contribution in [0.3, 0.4) is 0 Å². The molecule has 31 heavy (non-hydrogen) atoms. The summed E-state index contributed by atoms with van der Waals surface area (Å²) in [6.07, 6.45) is 4.70. The van der Waals surface area contributed by atoms with E-state index >= 15 is 0 Å². The summed E-state index contributed by atoms with van der Waals surface area (Å²) in [6.45, 7) is 0. The Hall–Kier alpha value is -3.65. The van der Waals surface area contributed by atoms with Crippen molar-refractivity contribution in [1.82, 2.24) is 10.3 Å². The van der Waals surface area contributed by atoms with E-state index in [4.69, 9.17) is 9.41 Å². The number of nitrogens with one attached hydrogen (secondary N) is 1. The molecule has 6 nitrogen and oxygen atoms in total. The molecule has 0 aliphatic carbocycles. The van der Waals surface area contributed by atoms with Gasteiger partial charge in [0.2, 0.25) is 0 Å². The summed E-state index contributed by atoms with van der Waals surface area (Å²) >= 11 is 1.26. The molecule has 5 rings (SSSR count). The lowest BCUT2D eigenvalue weighted by Crippen LogP contribution is -2.52. The van der Waals surface area contributed by atoms with Crippen LogP contribution in [-0.4, -0.2) is 22.2 Å². The van der Waals surface area contributed by atoms with Gasteiger partial charge in [0.1, 0.15) is 17.3 Å². The number of halogens is 1. The Morgan fingerprint density at radius 3 is 2.81 bits per heavy atom. The second-order valence-electron chi connectivity index (χ2n) is 6.87. The van der Waals surface area contributed by atoms with Gasteiger partial charge in [0.25, 0.3) is 5.91 Å². The zero-order chi connectivity index (χ0) is 21.2. The lowest BCUT2D eigenvalue weighted by atomic mass is 10.1. The van der Waals surface area contributed by atoms with Gasteiger partial charge >= 0.3 is 0 Å². The largest absolute Gasteiger partial charge is 0.465 e. The Kier molecular flexibility index (Phi) is 5.13. The van der Waals surface area contributed by atoms with Crippen LogP contribution < -0.4 is 15.9 Å². The molecule has 0 radical (unpaired) electrons. The smallest absolute Gasteiger partial charge is 0.276 e. The van der Waals surface area contributed by atoms with Crippen LogP contribution in [0.2, 0.25) is 0 Å². The predicted octanol–water partition coefficient (Wildman–Crippen LogP) is 2.84. The lowest BCUT2D eigenvalue weighted by Gasteiger charge is -2.32. The molecule has 8 heteroatoms. The Morgan fingerprint density at radius 1 is 1.13 bits per heavy atom. The minimum absolute atomic E-state index is 0.273. The quantitative estimate of drug-likeness (QED) is 0.688. The fourth-order valence-corrected chi connectivity index (χ4v) is 4.21. The van der Waals surface area contributed by atoms with Gasteiger partial charge in [0, 0.05) is 11.0 Å². The molecule has 1 atom stereocenters. The van der Waals surface area contributed by atoms with E-state index in [-0.39, 0.29) is 11.7 Å². The van der Waals surface area contributed by atoms with E-state index in [1.165, 1.54) is 17.8 Å². The molecule has 1 unspecified atom stereocenters. The van der Waals surface area contributed by atoms with Crippen LogP contribution in [0.15, 0.2) is 87.5 Å². The van der Waals surface area contributed by atoms with Crippen molar-refractivity contribution in [1.29, 1.82) is 0 Å². The molecule has 2 aromatic carbocycles. The van der Waals surface area contributed by atoms with Crippen molar-refractivity contribution in [3.8, 4) is 0 Å². The molecule has 1 amide bonds. The van der Waals surface area contributed by atoms with Crippen LogP contribution in [-0.2, 0) is 10.5 Å². The summed E-state index contributed by atoms with van der Waals surface area (Å²) in [5.41, 5.74) is 0.970. The van der Waals surface area contributed by atoms with E-state index in [1.807, 2.05) is 36.4 Å². The van der Waals surface area contributed by atoms with Crippen molar-refractivity contribution >= 4 is 34.6 Å².